The molecule has 150 valence electrons. The summed E-state index contributed by atoms with van der Waals surface area (Å²) < 4.78 is 5.30. The summed E-state index contributed by atoms with van der Waals surface area (Å²) in [5.74, 6) is -1.84. The van der Waals surface area contributed by atoms with E-state index < -0.39 is 29.6 Å². The van der Waals surface area contributed by atoms with Crippen molar-refractivity contribution in [3.05, 3.63) is 35.4 Å². The van der Waals surface area contributed by atoms with E-state index in [1.54, 1.807) is 32.9 Å². The number of aliphatic carboxylic acids is 1. The molecule has 7 nitrogen and oxygen atoms in total. The minimum Gasteiger partial charge on any atom is -0.480 e. The van der Waals surface area contributed by atoms with Crippen molar-refractivity contribution in [1.82, 2.24) is 4.90 Å². The van der Waals surface area contributed by atoms with Crippen molar-refractivity contribution < 1.29 is 24.2 Å². The van der Waals surface area contributed by atoms with Crippen LogP contribution in [0.2, 0.25) is 0 Å². The second kappa shape index (κ2) is 10.1. The molecular weight excluding hydrogens is 348 g/mol. The normalized spacial score (nSPS) is 12.3. The highest BCUT2D eigenvalue weighted by molar-refractivity contribution is 5.97. The van der Waals surface area contributed by atoms with Gasteiger partial charge in [0, 0.05) is 0 Å². The number of amides is 2. The quantitative estimate of drug-likeness (QED) is 0.673. The van der Waals surface area contributed by atoms with E-state index in [1.807, 2.05) is 19.1 Å². The number of nitrogens with zero attached hydrogens (tertiary/aromatic N) is 1. The van der Waals surface area contributed by atoms with Crippen molar-refractivity contribution in [3.63, 3.8) is 0 Å². The zero-order valence-electron chi connectivity index (χ0n) is 16.5. The first-order valence-corrected chi connectivity index (χ1v) is 9.09. The average molecular weight is 378 g/mol. The number of benzene rings is 1. The SMILES string of the molecule is Cc1ccccc1CC(=O)N(C(=O)OC(C)(C)C)[C@@H](CCCCN)C(=O)O. The van der Waals surface area contributed by atoms with Crippen LogP contribution >= 0.6 is 0 Å². The zero-order chi connectivity index (χ0) is 20.6. The Hall–Kier alpha value is -2.41. The molecule has 0 saturated heterocycles. The van der Waals surface area contributed by atoms with Gasteiger partial charge in [0.2, 0.25) is 5.91 Å². The van der Waals surface area contributed by atoms with Crippen LogP contribution in [0.25, 0.3) is 0 Å². The van der Waals surface area contributed by atoms with Crippen molar-refractivity contribution in [2.75, 3.05) is 6.54 Å². The molecule has 0 aliphatic carbocycles. The maximum atomic E-state index is 12.9. The first kappa shape index (κ1) is 22.6. The molecule has 1 atom stereocenters. The topological polar surface area (TPSA) is 110 Å². The third-order valence-corrected chi connectivity index (χ3v) is 3.99. The maximum Gasteiger partial charge on any atom is 0.417 e. The monoisotopic (exact) mass is 378 g/mol. The van der Waals surface area contributed by atoms with Gasteiger partial charge in [0.05, 0.1) is 6.42 Å². The summed E-state index contributed by atoms with van der Waals surface area (Å²) in [6, 6.07) is 5.99. The molecule has 0 aliphatic rings. The van der Waals surface area contributed by atoms with Gasteiger partial charge < -0.3 is 15.6 Å². The molecule has 0 unspecified atom stereocenters. The molecule has 0 aliphatic heterocycles. The molecule has 1 aromatic rings. The van der Waals surface area contributed by atoms with E-state index in [9.17, 15) is 19.5 Å². The molecule has 27 heavy (non-hydrogen) atoms. The minimum absolute atomic E-state index is 0.0768. The largest absolute Gasteiger partial charge is 0.480 e. The number of hydrogen-bond donors (Lipinski definition) is 2. The Bertz CT molecular complexity index is 667. The molecule has 2 amide bonds. The molecule has 0 radical (unpaired) electrons. The number of carbonyl (C=O) groups is 3. The lowest BCUT2D eigenvalue weighted by Crippen LogP contribution is -2.51. The van der Waals surface area contributed by atoms with Gasteiger partial charge in [-0.3, -0.25) is 4.79 Å². The lowest BCUT2D eigenvalue weighted by molar-refractivity contribution is -0.149. The number of ether oxygens (including phenoxy) is 1. The molecule has 1 rings (SSSR count). The molecule has 0 heterocycles. The van der Waals surface area contributed by atoms with Crippen LogP contribution in [0.4, 0.5) is 4.79 Å². The van der Waals surface area contributed by atoms with Gasteiger partial charge in [-0.25, -0.2) is 14.5 Å². The molecule has 0 spiro atoms. The van der Waals surface area contributed by atoms with Crippen molar-refractivity contribution >= 4 is 18.0 Å². The van der Waals surface area contributed by atoms with Crippen LogP contribution in [0.15, 0.2) is 24.3 Å². The van der Waals surface area contributed by atoms with Crippen LogP contribution in [0.5, 0.6) is 0 Å². The van der Waals surface area contributed by atoms with Gasteiger partial charge in [-0.1, -0.05) is 24.3 Å². The Balaban J connectivity index is 3.14. The Morgan fingerprint density at radius 3 is 2.33 bits per heavy atom. The van der Waals surface area contributed by atoms with E-state index in [0.717, 1.165) is 16.0 Å². The first-order chi connectivity index (χ1) is 12.6. The summed E-state index contributed by atoms with van der Waals surface area (Å²) in [5.41, 5.74) is 6.25. The number of unbranched alkanes of at least 4 members (excludes halogenated alkanes) is 1. The molecule has 3 N–H and O–H groups in total. The van der Waals surface area contributed by atoms with Crippen molar-refractivity contribution in [3.8, 4) is 0 Å². The van der Waals surface area contributed by atoms with E-state index in [0.29, 0.717) is 19.4 Å². The number of hydrogen-bond acceptors (Lipinski definition) is 5. The molecule has 0 saturated carbocycles. The third kappa shape index (κ3) is 7.38. The van der Waals surface area contributed by atoms with Crippen LogP contribution in [-0.4, -0.2) is 46.2 Å². The van der Waals surface area contributed by atoms with E-state index >= 15 is 0 Å². The number of carbonyl (C=O) groups excluding carboxylic acids is 2. The number of aryl methyl sites for hydroxylation is 1. The number of rotatable bonds is 8. The molecule has 0 bridgehead atoms. The number of nitrogens with two attached hydrogens (primary N) is 1. The Kier molecular flexibility index (Phi) is 8.43. The Morgan fingerprint density at radius 1 is 1.19 bits per heavy atom. The molecule has 7 heteroatoms. The van der Waals surface area contributed by atoms with Gasteiger partial charge in [-0.2, -0.15) is 0 Å². The van der Waals surface area contributed by atoms with Gasteiger partial charge in [-0.05, 0) is 64.6 Å². The smallest absolute Gasteiger partial charge is 0.417 e. The van der Waals surface area contributed by atoms with E-state index in [1.165, 1.54) is 0 Å². The van der Waals surface area contributed by atoms with Crippen molar-refractivity contribution in [2.45, 2.75) is 65.0 Å². The van der Waals surface area contributed by atoms with E-state index in [2.05, 4.69) is 0 Å². The van der Waals surface area contributed by atoms with Crippen LogP contribution in [-0.2, 0) is 20.7 Å². The fourth-order valence-corrected chi connectivity index (χ4v) is 2.62. The summed E-state index contributed by atoms with van der Waals surface area (Å²) in [4.78, 5) is 38.1. The highest BCUT2D eigenvalue weighted by Crippen LogP contribution is 2.18. The third-order valence-electron chi connectivity index (χ3n) is 3.99. The summed E-state index contributed by atoms with van der Waals surface area (Å²) in [5, 5.41) is 9.63. The van der Waals surface area contributed by atoms with Gasteiger partial charge in [0.1, 0.15) is 11.6 Å². The lowest BCUT2D eigenvalue weighted by atomic mass is 10.0. The summed E-state index contributed by atoms with van der Waals surface area (Å²) >= 11 is 0. The highest BCUT2D eigenvalue weighted by Gasteiger charge is 2.37. The molecule has 1 aromatic carbocycles. The number of imide groups is 1. The van der Waals surface area contributed by atoms with Gasteiger partial charge in [0.25, 0.3) is 0 Å². The fourth-order valence-electron chi connectivity index (χ4n) is 2.62. The van der Waals surface area contributed by atoms with Crippen LogP contribution < -0.4 is 5.73 Å². The van der Waals surface area contributed by atoms with E-state index in [-0.39, 0.29) is 12.8 Å². The van der Waals surface area contributed by atoms with Crippen molar-refractivity contribution in [2.24, 2.45) is 5.73 Å². The second-order valence-electron chi connectivity index (χ2n) is 7.49. The predicted molar refractivity (Wildman–Crippen MR) is 102 cm³/mol. The molecule has 0 fully saturated rings. The van der Waals surface area contributed by atoms with Gasteiger partial charge >= 0.3 is 12.1 Å². The predicted octanol–water partition coefficient (Wildman–Crippen LogP) is 2.88. The first-order valence-electron chi connectivity index (χ1n) is 9.09. The highest BCUT2D eigenvalue weighted by atomic mass is 16.6. The number of carboxylic acid groups (broad SMARTS) is 1. The van der Waals surface area contributed by atoms with Gasteiger partial charge in [0.15, 0.2) is 0 Å². The van der Waals surface area contributed by atoms with Gasteiger partial charge in [-0.15, -0.1) is 0 Å². The molecular formula is C20H30N2O5. The second-order valence-corrected chi connectivity index (χ2v) is 7.49. The van der Waals surface area contributed by atoms with Crippen molar-refractivity contribution in [1.29, 1.82) is 0 Å². The minimum atomic E-state index is -1.29. The number of carboxylic acids is 1. The fraction of sp³-hybridized carbons (Fsp3) is 0.550. The van der Waals surface area contributed by atoms with E-state index in [4.69, 9.17) is 10.5 Å². The summed E-state index contributed by atoms with van der Waals surface area (Å²) in [6.07, 6.45) is 0.210. The summed E-state index contributed by atoms with van der Waals surface area (Å²) in [6.45, 7) is 7.27. The zero-order valence-corrected chi connectivity index (χ0v) is 16.5. The Labute approximate surface area is 160 Å². The summed E-state index contributed by atoms with van der Waals surface area (Å²) in [7, 11) is 0. The van der Waals surface area contributed by atoms with Crippen LogP contribution in [0.1, 0.15) is 51.2 Å². The van der Waals surface area contributed by atoms with Crippen LogP contribution in [0.3, 0.4) is 0 Å². The maximum absolute atomic E-state index is 12.9. The average Bonchev–Trinajstić information content (AvgIpc) is 2.54. The Morgan fingerprint density at radius 2 is 1.81 bits per heavy atom. The van der Waals surface area contributed by atoms with Crippen LogP contribution in [0, 0.1) is 6.92 Å². The lowest BCUT2D eigenvalue weighted by Gasteiger charge is -2.30. The molecule has 0 aromatic heterocycles. The standard InChI is InChI=1S/C20H30N2O5/c1-14-9-5-6-10-15(14)13-17(23)22(19(26)27-20(2,3)4)16(18(24)25)11-7-8-12-21/h5-6,9-10,16H,7-8,11-13,21H2,1-4H3,(H,24,25)/t16-/m0/s1.